The van der Waals surface area contributed by atoms with Gasteiger partial charge in [0.15, 0.2) is 0 Å². The predicted octanol–water partition coefficient (Wildman–Crippen LogP) is 0.962. The molecule has 0 aliphatic rings. The molecule has 6 nitrogen and oxygen atoms in total. The molecule has 0 fully saturated rings. The van der Waals surface area contributed by atoms with E-state index < -0.39 is 5.91 Å². The Morgan fingerprint density at radius 1 is 1.14 bits per heavy atom. The van der Waals surface area contributed by atoms with Gasteiger partial charge in [-0.15, -0.1) is 0 Å². The summed E-state index contributed by atoms with van der Waals surface area (Å²) in [5.41, 5.74) is 3.60. The molecule has 2 N–H and O–H groups in total. The molecule has 1 aromatic heterocycles. The number of aromatic nitrogens is 1. The van der Waals surface area contributed by atoms with Crippen LogP contribution >= 0.6 is 0 Å². The molecule has 2 rings (SSSR count). The number of hydrogen-bond acceptors (Lipinski definition) is 4. The first kappa shape index (κ1) is 14.4. The number of carbonyl (C=O) groups excluding carboxylic acids is 2. The zero-order valence-corrected chi connectivity index (χ0v) is 11.2. The molecule has 1 heterocycles. The van der Waals surface area contributed by atoms with Crippen molar-refractivity contribution in [2.75, 3.05) is 6.54 Å². The minimum absolute atomic E-state index is 0.141. The van der Waals surface area contributed by atoms with Crippen LogP contribution in [-0.4, -0.2) is 29.6 Å². The van der Waals surface area contributed by atoms with Gasteiger partial charge in [0, 0.05) is 23.5 Å². The first-order valence-corrected chi connectivity index (χ1v) is 6.31. The number of pyridine rings is 1. The lowest BCUT2D eigenvalue weighted by molar-refractivity contribution is -0.120. The highest BCUT2D eigenvalue weighted by atomic mass is 16.2. The van der Waals surface area contributed by atoms with Gasteiger partial charge < -0.3 is 5.32 Å². The Labute approximate surface area is 121 Å². The Morgan fingerprint density at radius 3 is 2.67 bits per heavy atom. The Bertz CT molecular complexity index is 627. The van der Waals surface area contributed by atoms with Crippen LogP contribution in [0.1, 0.15) is 15.9 Å². The van der Waals surface area contributed by atoms with Gasteiger partial charge in [-0.3, -0.25) is 14.6 Å². The Balaban J connectivity index is 1.75. The van der Waals surface area contributed by atoms with Gasteiger partial charge in [0.25, 0.3) is 11.8 Å². The Morgan fingerprint density at radius 2 is 1.95 bits per heavy atom. The van der Waals surface area contributed by atoms with Crippen LogP contribution in [0.5, 0.6) is 0 Å². The summed E-state index contributed by atoms with van der Waals surface area (Å²) in [5.74, 6) is -0.707. The highest BCUT2D eigenvalue weighted by Crippen LogP contribution is 1.97. The van der Waals surface area contributed by atoms with Gasteiger partial charge in [0.1, 0.15) is 0 Å². The number of hydrogen-bond donors (Lipinski definition) is 2. The van der Waals surface area contributed by atoms with E-state index in [-0.39, 0.29) is 12.5 Å². The van der Waals surface area contributed by atoms with Gasteiger partial charge in [-0.05, 0) is 18.2 Å². The number of amides is 2. The third-order valence-electron chi connectivity index (χ3n) is 2.53. The molecule has 21 heavy (non-hydrogen) atoms. The molecule has 0 spiro atoms. The van der Waals surface area contributed by atoms with Crippen molar-refractivity contribution in [2.45, 2.75) is 0 Å². The molecule has 2 aromatic rings. The second-order valence-electron chi connectivity index (χ2n) is 4.13. The van der Waals surface area contributed by atoms with Crippen LogP contribution in [0.2, 0.25) is 0 Å². The molecule has 0 atom stereocenters. The molecule has 6 heteroatoms. The van der Waals surface area contributed by atoms with E-state index in [1.807, 2.05) is 6.07 Å². The van der Waals surface area contributed by atoms with Gasteiger partial charge in [-0.2, -0.15) is 5.10 Å². The quantitative estimate of drug-likeness (QED) is 0.633. The van der Waals surface area contributed by atoms with Crippen molar-refractivity contribution < 1.29 is 9.59 Å². The Hall–Kier alpha value is -3.02. The van der Waals surface area contributed by atoms with E-state index in [1.54, 1.807) is 48.8 Å². The molecule has 1 aromatic carbocycles. The predicted molar refractivity (Wildman–Crippen MR) is 78.7 cm³/mol. The lowest BCUT2D eigenvalue weighted by Crippen LogP contribution is -2.34. The summed E-state index contributed by atoms with van der Waals surface area (Å²) in [5, 5.41) is 6.29. The normalized spacial score (nSPS) is 10.3. The van der Waals surface area contributed by atoms with E-state index in [2.05, 4.69) is 20.8 Å². The van der Waals surface area contributed by atoms with E-state index in [0.717, 1.165) is 5.56 Å². The van der Waals surface area contributed by atoms with E-state index in [1.165, 1.54) is 6.21 Å². The molecular formula is C15H14N4O2. The first-order chi connectivity index (χ1) is 10.3. The van der Waals surface area contributed by atoms with Crippen LogP contribution in [-0.2, 0) is 4.79 Å². The second kappa shape index (κ2) is 7.54. The van der Waals surface area contributed by atoms with Gasteiger partial charge in [-0.25, -0.2) is 5.43 Å². The highest BCUT2D eigenvalue weighted by molar-refractivity contribution is 5.96. The van der Waals surface area contributed by atoms with Crippen molar-refractivity contribution in [1.82, 2.24) is 15.7 Å². The molecular weight excluding hydrogens is 268 g/mol. The lowest BCUT2D eigenvalue weighted by Gasteiger charge is -2.03. The summed E-state index contributed by atoms with van der Waals surface area (Å²) in [6.07, 6.45) is 4.74. The minimum atomic E-state index is -0.403. The third-order valence-corrected chi connectivity index (χ3v) is 2.53. The number of nitrogens with one attached hydrogen (secondary N) is 2. The van der Waals surface area contributed by atoms with E-state index in [4.69, 9.17) is 0 Å². The third kappa shape index (κ3) is 4.87. The van der Waals surface area contributed by atoms with Crippen LogP contribution in [0.15, 0.2) is 60.0 Å². The average Bonchev–Trinajstić information content (AvgIpc) is 2.54. The molecule has 106 valence electrons. The molecule has 0 unspecified atom stereocenters. The van der Waals surface area contributed by atoms with Crippen LogP contribution in [0.25, 0.3) is 0 Å². The maximum Gasteiger partial charge on any atom is 0.259 e. The number of carbonyl (C=O) groups is 2. The average molecular weight is 282 g/mol. The largest absolute Gasteiger partial charge is 0.343 e. The number of nitrogens with zero attached hydrogens (tertiary/aromatic N) is 2. The van der Waals surface area contributed by atoms with Crippen molar-refractivity contribution in [3.05, 3.63) is 66.0 Å². The summed E-state index contributed by atoms with van der Waals surface area (Å²) in [4.78, 5) is 27.1. The van der Waals surface area contributed by atoms with Crippen molar-refractivity contribution in [3.63, 3.8) is 0 Å². The number of hydrazone groups is 1. The van der Waals surface area contributed by atoms with Crippen molar-refractivity contribution in [2.24, 2.45) is 5.10 Å². The van der Waals surface area contributed by atoms with Crippen LogP contribution < -0.4 is 10.7 Å². The van der Waals surface area contributed by atoms with Crippen LogP contribution in [0.4, 0.5) is 0 Å². The molecule has 0 saturated heterocycles. The minimum Gasteiger partial charge on any atom is -0.343 e. The standard InChI is InChI=1S/C15H14N4O2/c20-14(19-18-10-12-5-4-8-16-9-12)11-17-15(21)13-6-2-1-3-7-13/h1-10H,11H2,(H,17,21)(H,19,20)/b18-10-. The molecule has 0 aliphatic heterocycles. The number of rotatable bonds is 5. The second-order valence-corrected chi connectivity index (χ2v) is 4.13. The topological polar surface area (TPSA) is 83.5 Å². The van der Waals surface area contributed by atoms with Gasteiger partial charge in [-0.1, -0.05) is 24.3 Å². The summed E-state index contributed by atoms with van der Waals surface area (Å²) >= 11 is 0. The Kier molecular flexibility index (Phi) is 5.17. The van der Waals surface area contributed by atoms with Crippen molar-refractivity contribution >= 4 is 18.0 Å². The SMILES string of the molecule is O=C(CNC(=O)c1ccccc1)N/N=C\c1cccnc1. The van der Waals surface area contributed by atoms with E-state index >= 15 is 0 Å². The van der Waals surface area contributed by atoms with Crippen molar-refractivity contribution in [3.8, 4) is 0 Å². The lowest BCUT2D eigenvalue weighted by atomic mass is 10.2. The number of benzene rings is 1. The maximum atomic E-state index is 11.7. The summed E-state index contributed by atoms with van der Waals surface area (Å²) in [6, 6.07) is 12.3. The highest BCUT2D eigenvalue weighted by Gasteiger charge is 2.06. The van der Waals surface area contributed by atoms with E-state index in [9.17, 15) is 9.59 Å². The first-order valence-electron chi connectivity index (χ1n) is 6.31. The molecule has 0 saturated carbocycles. The zero-order valence-electron chi connectivity index (χ0n) is 11.2. The fourth-order valence-corrected chi connectivity index (χ4v) is 1.52. The van der Waals surface area contributed by atoms with Crippen molar-refractivity contribution in [1.29, 1.82) is 0 Å². The zero-order chi connectivity index (χ0) is 14.9. The summed E-state index contributed by atoms with van der Waals surface area (Å²) in [7, 11) is 0. The molecule has 2 amide bonds. The van der Waals surface area contributed by atoms with Gasteiger partial charge >= 0.3 is 0 Å². The van der Waals surface area contributed by atoms with Crippen LogP contribution in [0, 0.1) is 0 Å². The summed E-state index contributed by atoms with van der Waals surface area (Å²) in [6.45, 7) is -0.141. The molecule has 0 radical (unpaired) electrons. The summed E-state index contributed by atoms with van der Waals surface area (Å²) < 4.78 is 0. The smallest absolute Gasteiger partial charge is 0.259 e. The molecule has 0 aliphatic carbocycles. The fourth-order valence-electron chi connectivity index (χ4n) is 1.52. The monoisotopic (exact) mass is 282 g/mol. The van der Waals surface area contributed by atoms with Crippen LogP contribution in [0.3, 0.4) is 0 Å². The molecule has 0 bridgehead atoms. The maximum absolute atomic E-state index is 11.7. The van der Waals surface area contributed by atoms with Gasteiger partial charge in [0.05, 0.1) is 12.8 Å². The fraction of sp³-hybridized carbons (Fsp3) is 0.0667. The van der Waals surface area contributed by atoms with E-state index in [0.29, 0.717) is 5.56 Å². The van der Waals surface area contributed by atoms with Gasteiger partial charge in [0.2, 0.25) is 0 Å².